The highest BCUT2D eigenvalue weighted by atomic mass is 19.1. The first-order valence-electron chi connectivity index (χ1n) is 8.44. The van der Waals surface area contributed by atoms with E-state index in [0.29, 0.717) is 30.9 Å². The molecule has 1 amide bonds. The maximum absolute atomic E-state index is 13.6. The summed E-state index contributed by atoms with van der Waals surface area (Å²) in [5.74, 6) is -0.469. The number of anilines is 1. The largest absolute Gasteiger partial charge is 0.366 e. The van der Waals surface area contributed by atoms with Crippen LogP contribution in [0.3, 0.4) is 0 Å². The number of carbonyl (C=O) groups is 1. The van der Waals surface area contributed by atoms with Crippen LogP contribution in [0.15, 0.2) is 60.9 Å². The molecular weight excluding hydrogens is 350 g/mol. The first-order valence-corrected chi connectivity index (χ1v) is 8.44. The van der Waals surface area contributed by atoms with Crippen molar-refractivity contribution in [2.45, 2.75) is 13.0 Å². The van der Waals surface area contributed by atoms with Crippen molar-refractivity contribution >= 4 is 11.7 Å². The van der Waals surface area contributed by atoms with Gasteiger partial charge >= 0.3 is 0 Å². The van der Waals surface area contributed by atoms with Gasteiger partial charge in [-0.1, -0.05) is 30.3 Å². The van der Waals surface area contributed by atoms with E-state index in [1.165, 1.54) is 30.6 Å². The Morgan fingerprint density at radius 3 is 2.56 bits per heavy atom. The van der Waals surface area contributed by atoms with Gasteiger partial charge in [-0.2, -0.15) is 0 Å². The lowest BCUT2D eigenvalue weighted by atomic mass is 10.1. The summed E-state index contributed by atoms with van der Waals surface area (Å²) in [5, 5.41) is 5.78. The van der Waals surface area contributed by atoms with Crippen LogP contribution in [0.4, 0.5) is 14.6 Å². The molecule has 5 nitrogen and oxygen atoms in total. The Bertz CT molecular complexity index is 916. The molecule has 27 heavy (non-hydrogen) atoms. The van der Waals surface area contributed by atoms with E-state index in [2.05, 4.69) is 20.6 Å². The minimum atomic E-state index is -0.362. The highest BCUT2D eigenvalue weighted by Crippen LogP contribution is 2.09. The number of amides is 1. The minimum absolute atomic E-state index is 0.208. The normalized spacial score (nSPS) is 10.4. The van der Waals surface area contributed by atoms with Crippen molar-refractivity contribution < 1.29 is 13.6 Å². The van der Waals surface area contributed by atoms with Crippen LogP contribution in [0.5, 0.6) is 0 Å². The number of nitrogens with one attached hydrogen (secondary N) is 2. The van der Waals surface area contributed by atoms with Gasteiger partial charge in [-0.3, -0.25) is 4.79 Å². The van der Waals surface area contributed by atoms with Gasteiger partial charge in [0, 0.05) is 19.2 Å². The summed E-state index contributed by atoms with van der Waals surface area (Å²) in [4.78, 5) is 20.2. The molecule has 1 aromatic heterocycles. The Labute approximate surface area is 155 Å². The molecular formula is C20H18F2N4O. The number of carbonyl (C=O) groups excluding carboxylic acids is 1. The first-order chi connectivity index (χ1) is 13.1. The zero-order valence-electron chi connectivity index (χ0n) is 14.5. The summed E-state index contributed by atoms with van der Waals surface area (Å²) < 4.78 is 26.5. The number of aromatic nitrogens is 2. The lowest BCUT2D eigenvalue weighted by Crippen LogP contribution is -2.27. The molecule has 0 spiro atoms. The Balaban J connectivity index is 1.53. The fourth-order valence-electron chi connectivity index (χ4n) is 2.48. The summed E-state index contributed by atoms with van der Waals surface area (Å²) >= 11 is 0. The molecule has 0 bridgehead atoms. The average molecular weight is 368 g/mol. The SMILES string of the molecule is O=C(NCCc1ccccc1F)c1cc(NCc2ccc(F)cc2)ncn1. The van der Waals surface area contributed by atoms with Gasteiger partial charge in [0.05, 0.1) is 0 Å². The highest BCUT2D eigenvalue weighted by molar-refractivity contribution is 5.92. The van der Waals surface area contributed by atoms with E-state index in [-0.39, 0.29) is 23.2 Å². The van der Waals surface area contributed by atoms with Crippen molar-refractivity contribution in [1.29, 1.82) is 0 Å². The lowest BCUT2D eigenvalue weighted by Gasteiger charge is -2.08. The predicted octanol–water partition coefficient (Wildman–Crippen LogP) is 3.34. The van der Waals surface area contributed by atoms with Crippen molar-refractivity contribution in [2.75, 3.05) is 11.9 Å². The van der Waals surface area contributed by atoms with E-state index in [1.54, 1.807) is 30.3 Å². The molecule has 0 unspecified atom stereocenters. The Hall–Kier alpha value is -3.35. The van der Waals surface area contributed by atoms with Crippen molar-refractivity contribution in [1.82, 2.24) is 15.3 Å². The molecule has 138 valence electrons. The third-order valence-corrected chi connectivity index (χ3v) is 3.92. The van der Waals surface area contributed by atoms with Gasteiger partial charge in [-0.05, 0) is 35.7 Å². The summed E-state index contributed by atoms with van der Waals surface area (Å²) in [6.07, 6.45) is 1.68. The lowest BCUT2D eigenvalue weighted by molar-refractivity contribution is 0.0949. The van der Waals surface area contributed by atoms with Crippen LogP contribution in [0.2, 0.25) is 0 Å². The topological polar surface area (TPSA) is 66.9 Å². The van der Waals surface area contributed by atoms with Gasteiger partial charge in [0.1, 0.15) is 29.5 Å². The molecule has 0 saturated heterocycles. The number of rotatable bonds is 7. The van der Waals surface area contributed by atoms with Crippen molar-refractivity contribution in [2.24, 2.45) is 0 Å². The molecule has 0 saturated carbocycles. The predicted molar refractivity (Wildman–Crippen MR) is 98.2 cm³/mol. The van der Waals surface area contributed by atoms with Crippen LogP contribution in [-0.4, -0.2) is 22.4 Å². The second-order valence-corrected chi connectivity index (χ2v) is 5.87. The molecule has 0 fully saturated rings. The molecule has 0 aliphatic carbocycles. The number of nitrogens with zero attached hydrogens (tertiary/aromatic N) is 2. The Morgan fingerprint density at radius 2 is 1.78 bits per heavy atom. The number of benzene rings is 2. The molecule has 0 radical (unpaired) electrons. The van der Waals surface area contributed by atoms with Crippen LogP contribution >= 0.6 is 0 Å². The minimum Gasteiger partial charge on any atom is -0.366 e. The van der Waals surface area contributed by atoms with Gasteiger partial charge in [0.15, 0.2) is 0 Å². The summed E-state index contributed by atoms with van der Waals surface area (Å²) in [6.45, 7) is 0.730. The van der Waals surface area contributed by atoms with Gasteiger partial charge in [-0.25, -0.2) is 18.7 Å². The van der Waals surface area contributed by atoms with Crippen LogP contribution in [-0.2, 0) is 13.0 Å². The molecule has 7 heteroatoms. The van der Waals surface area contributed by atoms with E-state index in [4.69, 9.17) is 0 Å². The van der Waals surface area contributed by atoms with Gasteiger partial charge in [-0.15, -0.1) is 0 Å². The fourth-order valence-corrected chi connectivity index (χ4v) is 2.48. The van der Waals surface area contributed by atoms with Crippen LogP contribution in [0.1, 0.15) is 21.6 Å². The van der Waals surface area contributed by atoms with E-state index >= 15 is 0 Å². The molecule has 2 N–H and O–H groups in total. The fraction of sp³-hybridized carbons (Fsp3) is 0.150. The number of hydrogen-bond acceptors (Lipinski definition) is 4. The van der Waals surface area contributed by atoms with E-state index in [1.807, 2.05) is 0 Å². The maximum atomic E-state index is 13.6. The van der Waals surface area contributed by atoms with E-state index < -0.39 is 0 Å². The van der Waals surface area contributed by atoms with Crippen molar-refractivity contribution in [3.8, 4) is 0 Å². The van der Waals surface area contributed by atoms with Gasteiger partial charge in [0.2, 0.25) is 0 Å². The smallest absolute Gasteiger partial charge is 0.270 e. The standard InChI is InChI=1S/C20H18F2N4O/c21-16-7-5-14(6-8-16)12-24-19-11-18(25-13-26-19)20(27)23-10-9-15-3-1-2-4-17(15)22/h1-8,11,13H,9-10,12H2,(H,23,27)(H,24,25,26). The molecule has 1 heterocycles. The molecule has 2 aromatic carbocycles. The first kappa shape index (κ1) is 18.4. The van der Waals surface area contributed by atoms with Crippen LogP contribution < -0.4 is 10.6 Å². The second-order valence-electron chi connectivity index (χ2n) is 5.87. The Morgan fingerprint density at radius 1 is 1.00 bits per heavy atom. The number of hydrogen-bond donors (Lipinski definition) is 2. The molecule has 3 aromatic rings. The van der Waals surface area contributed by atoms with Gasteiger partial charge in [0.25, 0.3) is 5.91 Å². The molecule has 0 aliphatic heterocycles. The molecule has 3 rings (SSSR count). The summed E-state index contributed by atoms with van der Waals surface area (Å²) in [5.41, 5.74) is 1.63. The van der Waals surface area contributed by atoms with E-state index in [0.717, 1.165) is 5.56 Å². The van der Waals surface area contributed by atoms with Crippen molar-refractivity contribution in [3.63, 3.8) is 0 Å². The van der Waals surface area contributed by atoms with Crippen molar-refractivity contribution in [3.05, 3.63) is 89.4 Å². The highest BCUT2D eigenvalue weighted by Gasteiger charge is 2.09. The zero-order chi connectivity index (χ0) is 19.1. The summed E-state index contributed by atoms with van der Waals surface area (Å²) in [6, 6.07) is 14.1. The van der Waals surface area contributed by atoms with Gasteiger partial charge < -0.3 is 10.6 Å². The third kappa shape index (κ3) is 5.31. The monoisotopic (exact) mass is 368 g/mol. The van der Waals surface area contributed by atoms with Crippen LogP contribution in [0, 0.1) is 11.6 Å². The molecule has 0 aliphatic rings. The summed E-state index contributed by atoms with van der Waals surface area (Å²) in [7, 11) is 0. The van der Waals surface area contributed by atoms with E-state index in [9.17, 15) is 13.6 Å². The average Bonchev–Trinajstić information content (AvgIpc) is 2.69. The third-order valence-electron chi connectivity index (χ3n) is 3.92. The second kappa shape index (κ2) is 8.84. The zero-order valence-corrected chi connectivity index (χ0v) is 14.5. The quantitative estimate of drug-likeness (QED) is 0.671. The Kier molecular flexibility index (Phi) is 6.04. The van der Waals surface area contributed by atoms with Crippen LogP contribution in [0.25, 0.3) is 0 Å². The maximum Gasteiger partial charge on any atom is 0.270 e. The molecule has 0 atom stereocenters. The number of halogens is 2.